The molecule has 0 saturated heterocycles. The first-order valence-electron chi connectivity index (χ1n) is 4.55. The van der Waals surface area contributed by atoms with Crippen molar-refractivity contribution in [2.24, 2.45) is 5.73 Å². The van der Waals surface area contributed by atoms with Crippen LogP contribution in [0.3, 0.4) is 0 Å². The molecule has 6 heteroatoms. The Hall–Kier alpha value is -1.74. The van der Waals surface area contributed by atoms with Gasteiger partial charge in [-0.3, -0.25) is 4.98 Å². The van der Waals surface area contributed by atoms with E-state index in [-0.39, 0.29) is 24.3 Å². The van der Waals surface area contributed by atoms with Gasteiger partial charge < -0.3 is 10.5 Å². The van der Waals surface area contributed by atoms with Gasteiger partial charge in [0.1, 0.15) is 5.75 Å². The van der Waals surface area contributed by atoms with Gasteiger partial charge in [0.25, 0.3) is 6.43 Å². The van der Waals surface area contributed by atoms with Crippen LogP contribution in [0, 0.1) is 11.3 Å². The van der Waals surface area contributed by atoms with Crippen LogP contribution in [-0.2, 0) is 13.0 Å². The third-order valence-electron chi connectivity index (χ3n) is 2.13. The Balaban J connectivity index is 3.38. The van der Waals surface area contributed by atoms with Gasteiger partial charge in [0.05, 0.1) is 30.9 Å². The van der Waals surface area contributed by atoms with E-state index in [4.69, 9.17) is 15.7 Å². The molecule has 0 atom stereocenters. The molecule has 0 saturated carbocycles. The van der Waals surface area contributed by atoms with Crippen LogP contribution in [0.2, 0.25) is 0 Å². The second-order valence-corrected chi connectivity index (χ2v) is 3.01. The fourth-order valence-corrected chi connectivity index (χ4v) is 1.42. The zero-order valence-electron chi connectivity index (χ0n) is 8.70. The zero-order valence-corrected chi connectivity index (χ0v) is 8.70. The molecule has 1 rings (SSSR count). The number of ether oxygens (including phenoxy) is 1. The minimum Gasteiger partial charge on any atom is -0.496 e. The van der Waals surface area contributed by atoms with Crippen molar-refractivity contribution < 1.29 is 13.5 Å². The lowest BCUT2D eigenvalue weighted by Gasteiger charge is -2.13. The number of methoxy groups -OCH3 is 1. The van der Waals surface area contributed by atoms with Crippen molar-refractivity contribution in [3.05, 3.63) is 23.0 Å². The number of hydrogen-bond donors (Lipinski definition) is 1. The van der Waals surface area contributed by atoms with Crippen molar-refractivity contribution >= 4 is 0 Å². The van der Waals surface area contributed by atoms with Crippen molar-refractivity contribution in [1.82, 2.24) is 4.98 Å². The standard InChI is InChI=1S/C10H11F2N3O/c1-16-9-6(2-3-13)8(4-14)15-5-7(9)10(11)12/h5,10H,2,4,14H2,1H3. The largest absolute Gasteiger partial charge is 0.496 e. The van der Waals surface area contributed by atoms with Gasteiger partial charge in [-0.2, -0.15) is 5.26 Å². The third-order valence-corrected chi connectivity index (χ3v) is 2.13. The van der Waals surface area contributed by atoms with Crippen molar-refractivity contribution in [2.75, 3.05) is 7.11 Å². The summed E-state index contributed by atoms with van der Waals surface area (Å²) in [6, 6.07) is 1.88. The van der Waals surface area contributed by atoms with Crippen molar-refractivity contribution in [1.29, 1.82) is 5.26 Å². The predicted octanol–water partition coefficient (Wildman–Crippen LogP) is 1.55. The van der Waals surface area contributed by atoms with E-state index in [9.17, 15) is 8.78 Å². The van der Waals surface area contributed by atoms with Crippen LogP contribution < -0.4 is 10.5 Å². The van der Waals surface area contributed by atoms with Gasteiger partial charge in [-0.05, 0) is 0 Å². The molecule has 86 valence electrons. The highest BCUT2D eigenvalue weighted by molar-refractivity contribution is 5.44. The minimum absolute atomic E-state index is 0.00648. The summed E-state index contributed by atoms with van der Waals surface area (Å²) in [7, 11) is 1.28. The molecule has 0 aliphatic carbocycles. The molecule has 0 unspecified atom stereocenters. The van der Waals surface area contributed by atoms with Crippen LogP contribution >= 0.6 is 0 Å². The summed E-state index contributed by atoms with van der Waals surface area (Å²) in [6.07, 6.45) is -1.71. The van der Waals surface area contributed by atoms with Crippen molar-refractivity contribution in [3.63, 3.8) is 0 Å². The monoisotopic (exact) mass is 227 g/mol. The van der Waals surface area contributed by atoms with Gasteiger partial charge in [0.2, 0.25) is 0 Å². The minimum atomic E-state index is -2.69. The van der Waals surface area contributed by atoms with Crippen LogP contribution in [0.5, 0.6) is 5.75 Å². The number of rotatable bonds is 4. The molecule has 0 aromatic carbocycles. The van der Waals surface area contributed by atoms with Crippen LogP contribution in [0.15, 0.2) is 6.20 Å². The van der Waals surface area contributed by atoms with E-state index >= 15 is 0 Å². The Labute approximate surface area is 91.7 Å². The number of nitrogens with two attached hydrogens (primary N) is 1. The number of aromatic nitrogens is 1. The maximum atomic E-state index is 12.6. The molecule has 0 fully saturated rings. The molecule has 0 radical (unpaired) electrons. The lowest BCUT2D eigenvalue weighted by Crippen LogP contribution is -2.08. The molecule has 0 amide bonds. The molecule has 2 N–H and O–H groups in total. The second kappa shape index (κ2) is 5.37. The average molecular weight is 227 g/mol. The topological polar surface area (TPSA) is 71.9 Å². The van der Waals surface area contributed by atoms with Gasteiger partial charge in [0.15, 0.2) is 0 Å². The predicted molar refractivity (Wildman–Crippen MR) is 53.0 cm³/mol. The Morgan fingerprint density at radius 1 is 1.62 bits per heavy atom. The molecule has 4 nitrogen and oxygen atoms in total. The van der Waals surface area contributed by atoms with Crippen LogP contribution in [0.4, 0.5) is 8.78 Å². The molecule has 0 bridgehead atoms. The second-order valence-electron chi connectivity index (χ2n) is 3.01. The Bertz CT molecular complexity index is 415. The Kier molecular flexibility index (Phi) is 4.14. The SMILES string of the molecule is COc1c(C(F)F)cnc(CN)c1CC#N. The molecular formula is C10H11F2N3O. The van der Waals surface area contributed by atoms with Gasteiger partial charge in [-0.1, -0.05) is 0 Å². The van der Waals surface area contributed by atoms with E-state index in [2.05, 4.69) is 4.98 Å². The average Bonchev–Trinajstić information content (AvgIpc) is 2.28. The fourth-order valence-electron chi connectivity index (χ4n) is 1.42. The Morgan fingerprint density at radius 2 is 2.31 bits per heavy atom. The number of alkyl halides is 2. The quantitative estimate of drug-likeness (QED) is 0.847. The highest BCUT2D eigenvalue weighted by Gasteiger charge is 2.20. The lowest BCUT2D eigenvalue weighted by atomic mass is 10.1. The molecule has 1 aromatic heterocycles. The lowest BCUT2D eigenvalue weighted by molar-refractivity contribution is 0.146. The number of halogens is 2. The van der Waals surface area contributed by atoms with E-state index < -0.39 is 6.43 Å². The number of nitrogens with zero attached hydrogens (tertiary/aromatic N) is 2. The van der Waals surface area contributed by atoms with Crippen LogP contribution in [-0.4, -0.2) is 12.1 Å². The highest BCUT2D eigenvalue weighted by Crippen LogP contribution is 2.32. The molecule has 0 aliphatic heterocycles. The molecule has 0 spiro atoms. The Morgan fingerprint density at radius 3 is 2.75 bits per heavy atom. The maximum absolute atomic E-state index is 12.6. The van der Waals surface area contributed by atoms with Gasteiger partial charge in [0, 0.05) is 18.3 Å². The van der Waals surface area contributed by atoms with Gasteiger partial charge in [-0.25, -0.2) is 8.78 Å². The van der Waals surface area contributed by atoms with E-state index in [1.165, 1.54) is 7.11 Å². The normalized spacial score (nSPS) is 10.2. The summed E-state index contributed by atoms with van der Waals surface area (Å²) < 4.78 is 30.2. The van der Waals surface area contributed by atoms with E-state index in [0.717, 1.165) is 6.20 Å². The number of pyridine rings is 1. The van der Waals surface area contributed by atoms with Gasteiger partial charge in [-0.15, -0.1) is 0 Å². The summed E-state index contributed by atoms with van der Waals surface area (Å²) in [5.41, 5.74) is 5.84. The number of hydrogen-bond acceptors (Lipinski definition) is 4. The highest BCUT2D eigenvalue weighted by atomic mass is 19.3. The van der Waals surface area contributed by atoms with Gasteiger partial charge >= 0.3 is 0 Å². The molecule has 0 aliphatic rings. The first-order chi connectivity index (χ1) is 7.65. The van der Waals surface area contributed by atoms with E-state index in [1.54, 1.807) is 0 Å². The summed E-state index contributed by atoms with van der Waals surface area (Å²) >= 11 is 0. The summed E-state index contributed by atoms with van der Waals surface area (Å²) in [5, 5.41) is 8.63. The maximum Gasteiger partial charge on any atom is 0.268 e. The smallest absolute Gasteiger partial charge is 0.268 e. The summed E-state index contributed by atoms with van der Waals surface area (Å²) in [6.45, 7) is 0.0802. The molecule has 16 heavy (non-hydrogen) atoms. The zero-order chi connectivity index (χ0) is 12.1. The molecule has 1 heterocycles. The summed E-state index contributed by atoms with van der Waals surface area (Å²) in [5.74, 6) is 0.00648. The first kappa shape index (κ1) is 12.3. The first-order valence-corrected chi connectivity index (χ1v) is 4.55. The molecule has 1 aromatic rings. The fraction of sp³-hybridized carbons (Fsp3) is 0.400. The van der Waals surface area contributed by atoms with Crippen LogP contribution in [0.1, 0.15) is 23.2 Å². The van der Waals surface area contributed by atoms with E-state index in [1.807, 2.05) is 6.07 Å². The third kappa shape index (κ3) is 2.25. The summed E-state index contributed by atoms with van der Waals surface area (Å²) in [4.78, 5) is 3.81. The van der Waals surface area contributed by atoms with Crippen LogP contribution in [0.25, 0.3) is 0 Å². The molecular weight excluding hydrogens is 216 g/mol. The van der Waals surface area contributed by atoms with Crippen molar-refractivity contribution in [2.45, 2.75) is 19.4 Å². The van der Waals surface area contributed by atoms with Crippen molar-refractivity contribution in [3.8, 4) is 11.8 Å². The number of nitriles is 1. The van der Waals surface area contributed by atoms with E-state index in [0.29, 0.717) is 11.3 Å².